The van der Waals surface area contributed by atoms with Gasteiger partial charge in [0.25, 0.3) is 0 Å². The molecule has 1 heterocycles. The van der Waals surface area contributed by atoms with Gasteiger partial charge in [0.2, 0.25) is 0 Å². The van der Waals surface area contributed by atoms with Gasteiger partial charge in [0.1, 0.15) is 5.84 Å². The first kappa shape index (κ1) is 13.7. The fourth-order valence-corrected chi connectivity index (χ4v) is 3.91. The van der Waals surface area contributed by atoms with E-state index >= 15 is 0 Å². The molecule has 0 spiro atoms. The number of amidine groups is 1. The molecule has 0 bridgehead atoms. The summed E-state index contributed by atoms with van der Waals surface area (Å²) in [6.45, 7) is 0. The van der Waals surface area contributed by atoms with Gasteiger partial charge in [-0.2, -0.15) is 0 Å². The standard InChI is InChI=1S/C10H9ClN4S3/c1-16-9-14-15-10(18-9)17-7-3-2-5(11)4-6(7)8(12)13/h2-4H,1H3,(H3,12,13). The fraction of sp³-hybridized carbons (Fsp3) is 0.100. The van der Waals surface area contributed by atoms with Gasteiger partial charge < -0.3 is 5.73 Å². The number of nitrogens with one attached hydrogen (secondary N) is 1. The van der Waals surface area contributed by atoms with E-state index in [0.717, 1.165) is 13.6 Å². The van der Waals surface area contributed by atoms with Crippen LogP contribution >= 0.6 is 46.5 Å². The van der Waals surface area contributed by atoms with Crippen molar-refractivity contribution in [2.45, 2.75) is 13.6 Å². The van der Waals surface area contributed by atoms with Crippen LogP contribution in [0.3, 0.4) is 0 Å². The van der Waals surface area contributed by atoms with E-state index in [9.17, 15) is 0 Å². The smallest absolute Gasteiger partial charge is 0.179 e. The maximum atomic E-state index is 7.55. The summed E-state index contributed by atoms with van der Waals surface area (Å²) in [4.78, 5) is 0.857. The second-order valence-electron chi connectivity index (χ2n) is 3.19. The van der Waals surface area contributed by atoms with Crippen molar-refractivity contribution in [2.24, 2.45) is 5.73 Å². The molecule has 0 atom stereocenters. The molecule has 3 N–H and O–H groups in total. The molecule has 0 fully saturated rings. The van der Waals surface area contributed by atoms with Crippen molar-refractivity contribution >= 4 is 52.3 Å². The van der Waals surface area contributed by atoms with Gasteiger partial charge in [0.05, 0.1) is 0 Å². The van der Waals surface area contributed by atoms with Crippen LogP contribution in [0.5, 0.6) is 0 Å². The van der Waals surface area contributed by atoms with E-state index in [1.54, 1.807) is 23.9 Å². The summed E-state index contributed by atoms with van der Waals surface area (Å²) in [5.74, 6) is -0.00500. The summed E-state index contributed by atoms with van der Waals surface area (Å²) in [5, 5.41) is 16.2. The monoisotopic (exact) mass is 316 g/mol. The Bertz CT molecular complexity index is 584. The minimum atomic E-state index is -0.00500. The first-order valence-electron chi connectivity index (χ1n) is 4.79. The van der Waals surface area contributed by atoms with E-state index in [1.807, 2.05) is 12.3 Å². The molecule has 0 aliphatic heterocycles. The van der Waals surface area contributed by atoms with Crippen LogP contribution in [-0.2, 0) is 0 Å². The molecule has 18 heavy (non-hydrogen) atoms. The quantitative estimate of drug-likeness (QED) is 0.514. The molecule has 0 amide bonds. The second-order valence-corrected chi connectivity index (χ2v) is 6.95. The number of aromatic nitrogens is 2. The van der Waals surface area contributed by atoms with Crippen LogP contribution in [0, 0.1) is 5.41 Å². The van der Waals surface area contributed by atoms with E-state index in [2.05, 4.69) is 10.2 Å². The predicted octanol–water partition coefficient (Wildman–Crippen LogP) is 3.35. The number of hydrogen-bond acceptors (Lipinski definition) is 6. The van der Waals surface area contributed by atoms with Crippen molar-refractivity contribution in [2.75, 3.05) is 6.26 Å². The summed E-state index contributed by atoms with van der Waals surface area (Å²) < 4.78 is 1.74. The van der Waals surface area contributed by atoms with E-state index in [4.69, 9.17) is 22.7 Å². The molecule has 2 aromatic rings. The van der Waals surface area contributed by atoms with Crippen molar-refractivity contribution in [3.63, 3.8) is 0 Å². The van der Waals surface area contributed by atoms with Crippen molar-refractivity contribution in [3.05, 3.63) is 28.8 Å². The molecule has 1 aromatic heterocycles. The molecule has 0 aliphatic rings. The van der Waals surface area contributed by atoms with Gasteiger partial charge in [-0.15, -0.1) is 10.2 Å². The number of benzene rings is 1. The Morgan fingerprint density at radius 3 is 2.72 bits per heavy atom. The van der Waals surface area contributed by atoms with E-state index in [1.165, 1.54) is 23.1 Å². The van der Waals surface area contributed by atoms with E-state index in [0.29, 0.717) is 10.6 Å². The maximum Gasteiger partial charge on any atom is 0.179 e. The van der Waals surface area contributed by atoms with Crippen LogP contribution < -0.4 is 5.73 Å². The molecule has 0 saturated carbocycles. The second kappa shape index (κ2) is 5.92. The van der Waals surface area contributed by atoms with Gasteiger partial charge in [-0.05, 0) is 24.5 Å². The average Bonchev–Trinajstić information content (AvgIpc) is 2.79. The van der Waals surface area contributed by atoms with Crippen molar-refractivity contribution in [3.8, 4) is 0 Å². The summed E-state index contributed by atoms with van der Waals surface area (Å²) in [5.41, 5.74) is 6.16. The lowest BCUT2D eigenvalue weighted by atomic mass is 10.2. The first-order valence-corrected chi connectivity index (χ1v) is 8.03. The van der Waals surface area contributed by atoms with Crippen molar-refractivity contribution < 1.29 is 0 Å². The highest BCUT2D eigenvalue weighted by Gasteiger charge is 2.11. The van der Waals surface area contributed by atoms with Gasteiger partial charge >= 0.3 is 0 Å². The normalized spacial score (nSPS) is 10.6. The summed E-state index contributed by atoms with van der Waals surface area (Å²) in [7, 11) is 0. The van der Waals surface area contributed by atoms with Crippen LogP contribution in [0.2, 0.25) is 5.02 Å². The van der Waals surface area contributed by atoms with Gasteiger partial charge in [0.15, 0.2) is 8.68 Å². The first-order chi connectivity index (χ1) is 8.60. The highest BCUT2D eigenvalue weighted by molar-refractivity contribution is 8.03. The Hall–Kier alpha value is -0.760. The largest absolute Gasteiger partial charge is 0.384 e. The Kier molecular flexibility index (Phi) is 4.50. The number of rotatable bonds is 4. The zero-order valence-electron chi connectivity index (χ0n) is 9.31. The molecule has 2 rings (SSSR count). The number of hydrogen-bond donors (Lipinski definition) is 2. The minimum absolute atomic E-state index is 0.00500. The number of halogens is 1. The van der Waals surface area contributed by atoms with Crippen LogP contribution in [0.15, 0.2) is 31.8 Å². The van der Waals surface area contributed by atoms with Crippen LogP contribution in [0.25, 0.3) is 0 Å². The maximum absolute atomic E-state index is 7.55. The lowest BCUT2D eigenvalue weighted by Gasteiger charge is -2.06. The molecule has 8 heteroatoms. The SMILES string of the molecule is CSc1nnc(Sc2ccc(Cl)cc2C(=N)N)s1. The summed E-state index contributed by atoms with van der Waals surface area (Å²) >= 11 is 10.4. The molecule has 1 aromatic carbocycles. The third-order valence-electron chi connectivity index (χ3n) is 1.99. The molecular weight excluding hydrogens is 308 g/mol. The molecule has 4 nitrogen and oxygen atoms in total. The lowest BCUT2D eigenvalue weighted by molar-refractivity contribution is 0.955. The number of nitrogens with zero attached hydrogens (tertiary/aromatic N) is 2. The third kappa shape index (κ3) is 3.17. The average molecular weight is 317 g/mol. The van der Waals surface area contributed by atoms with Crippen LogP contribution in [-0.4, -0.2) is 22.3 Å². The van der Waals surface area contributed by atoms with Gasteiger partial charge in [0, 0.05) is 15.5 Å². The molecule has 0 saturated heterocycles. The highest BCUT2D eigenvalue weighted by Crippen LogP contribution is 2.35. The Balaban J connectivity index is 2.30. The zero-order chi connectivity index (χ0) is 13.1. The number of nitrogens with two attached hydrogens (primary N) is 1. The van der Waals surface area contributed by atoms with Crippen molar-refractivity contribution in [1.29, 1.82) is 5.41 Å². The van der Waals surface area contributed by atoms with E-state index in [-0.39, 0.29) is 5.84 Å². The fourth-order valence-electron chi connectivity index (χ4n) is 1.22. The minimum Gasteiger partial charge on any atom is -0.384 e. The van der Waals surface area contributed by atoms with Crippen molar-refractivity contribution in [1.82, 2.24) is 10.2 Å². The molecule has 0 radical (unpaired) electrons. The van der Waals surface area contributed by atoms with Gasteiger partial charge in [-0.3, -0.25) is 5.41 Å². The van der Waals surface area contributed by atoms with Gasteiger partial charge in [-0.25, -0.2) is 0 Å². The molecule has 0 aliphatic carbocycles. The Labute approximate surface area is 122 Å². The Morgan fingerprint density at radius 1 is 1.39 bits per heavy atom. The van der Waals surface area contributed by atoms with Crippen LogP contribution in [0.1, 0.15) is 5.56 Å². The topological polar surface area (TPSA) is 75.7 Å². The van der Waals surface area contributed by atoms with Gasteiger partial charge in [-0.1, -0.05) is 46.5 Å². The number of thioether (sulfide) groups is 1. The number of nitrogen functional groups attached to an aromatic ring is 1. The molecule has 94 valence electrons. The lowest BCUT2D eigenvalue weighted by Crippen LogP contribution is -2.12. The predicted molar refractivity (Wildman–Crippen MR) is 78.3 cm³/mol. The highest BCUT2D eigenvalue weighted by atomic mass is 35.5. The third-order valence-corrected chi connectivity index (χ3v) is 5.25. The molecular formula is C10H9ClN4S3. The summed E-state index contributed by atoms with van der Waals surface area (Å²) in [6, 6.07) is 5.29. The summed E-state index contributed by atoms with van der Waals surface area (Å²) in [6.07, 6.45) is 1.96. The Morgan fingerprint density at radius 2 is 2.11 bits per heavy atom. The molecule has 0 unspecified atom stereocenters. The van der Waals surface area contributed by atoms with E-state index < -0.39 is 0 Å². The van der Waals surface area contributed by atoms with Crippen LogP contribution in [0.4, 0.5) is 0 Å². The zero-order valence-corrected chi connectivity index (χ0v) is 12.5.